The number of hydrogen-bond acceptors (Lipinski definition) is 5. The van der Waals surface area contributed by atoms with Crippen LogP contribution in [0.4, 0.5) is 0 Å². The van der Waals surface area contributed by atoms with Crippen molar-refractivity contribution in [1.82, 2.24) is 15.3 Å². The molecule has 1 unspecified atom stereocenters. The number of hydrogen-bond donors (Lipinski definition) is 1. The molecule has 1 atom stereocenters. The Morgan fingerprint density at radius 2 is 2.15 bits per heavy atom. The highest BCUT2D eigenvalue weighted by molar-refractivity contribution is 5.79. The molecule has 4 rings (SSSR count). The largest absolute Gasteiger partial charge is 0.497 e. The predicted molar refractivity (Wildman–Crippen MR) is 101 cm³/mol. The Kier molecular flexibility index (Phi) is 4.97. The van der Waals surface area contributed by atoms with Crippen molar-refractivity contribution in [2.24, 2.45) is 5.92 Å². The lowest BCUT2D eigenvalue weighted by molar-refractivity contribution is -0.126. The molecule has 0 saturated heterocycles. The molecule has 2 aliphatic rings. The van der Waals surface area contributed by atoms with Gasteiger partial charge in [0, 0.05) is 11.4 Å². The third kappa shape index (κ3) is 3.75. The van der Waals surface area contributed by atoms with Gasteiger partial charge in [0.15, 0.2) is 0 Å². The SMILES string of the molecule is COc1ccc2c(c1)CC(C(=O)NCc1nc(C)c3c(n1)CCCC3)CO2. The van der Waals surface area contributed by atoms with Crippen LogP contribution in [0.1, 0.15) is 41.2 Å². The predicted octanol–water partition coefficient (Wildman–Crippen LogP) is 2.54. The average Bonchev–Trinajstić information content (AvgIpc) is 2.71. The van der Waals surface area contributed by atoms with E-state index >= 15 is 0 Å². The van der Waals surface area contributed by atoms with Crippen LogP contribution in [0.2, 0.25) is 0 Å². The van der Waals surface area contributed by atoms with Gasteiger partial charge in [0.2, 0.25) is 5.91 Å². The molecule has 1 aromatic carbocycles. The molecule has 27 heavy (non-hydrogen) atoms. The number of fused-ring (bicyclic) bond motifs is 2. The van der Waals surface area contributed by atoms with Crippen molar-refractivity contribution in [3.8, 4) is 11.5 Å². The minimum absolute atomic E-state index is 0.0255. The van der Waals surface area contributed by atoms with E-state index in [0.717, 1.165) is 41.3 Å². The maximum atomic E-state index is 12.6. The van der Waals surface area contributed by atoms with Crippen LogP contribution < -0.4 is 14.8 Å². The zero-order valence-electron chi connectivity index (χ0n) is 15.9. The molecule has 2 aromatic rings. The number of carbonyl (C=O) groups excluding carboxylic acids is 1. The Balaban J connectivity index is 1.40. The van der Waals surface area contributed by atoms with E-state index in [9.17, 15) is 4.79 Å². The van der Waals surface area contributed by atoms with E-state index in [1.807, 2.05) is 25.1 Å². The van der Waals surface area contributed by atoms with Crippen LogP contribution in [0.5, 0.6) is 11.5 Å². The molecule has 0 radical (unpaired) electrons. The number of benzene rings is 1. The van der Waals surface area contributed by atoms with E-state index < -0.39 is 0 Å². The van der Waals surface area contributed by atoms with Crippen LogP contribution >= 0.6 is 0 Å². The van der Waals surface area contributed by atoms with Crippen LogP contribution in [-0.4, -0.2) is 29.6 Å². The quantitative estimate of drug-likeness (QED) is 0.899. The second-order valence-electron chi connectivity index (χ2n) is 7.26. The molecular weight excluding hydrogens is 342 g/mol. The molecule has 0 bridgehead atoms. The van der Waals surface area contributed by atoms with Gasteiger partial charge >= 0.3 is 0 Å². The minimum Gasteiger partial charge on any atom is -0.497 e. The topological polar surface area (TPSA) is 73.3 Å². The van der Waals surface area contributed by atoms with E-state index in [2.05, 4.69) is 15.3 Å². The van der Waals surface area contributed by atoms with Crippen LogP contribution in [0, 0.1) is 12.8 Å². The molecule has 0 fully saturated rings. The number of carbonyl (C=O) groups is 1. The summed E-state index contributed by atoms with van der Waals surface area (Å²) in [5, 5.41) is 2.99. The Morgan fingerprint density at radius 3 is 3.00 bits per heavy atom. The number of aryl methyl sites for hydroxylation is 2. The second-order valence-corrected chi connectivity index (χ2v) is 7.26. The van der Waals surface area contributed by atoms with Crippen LogP contribution in [-0.2, 0) is 30.6 Å². The summed E-state index contributed by atoms with van der Waals surface area (Å²) < 4.78 is 11.0. The van der Waals surface area contributed by atoms with Gasteiger partial charge < -0.3 is 14.8 Å². The van der Waals surface area contributed by atoms with E-state index in [1.165, 1.54) is 18.4 Å². The highest BCUT2D eigenvalue weighted by Crippen LogP contribution is 2.30. The summed E-state index contributed by atoms with van der Waals surface area (Å²) in [6.07, 6.45) is 5.10. The fraction of sp³-hybridized carbons (Fsp3) is 0.476. The first kappa shape index (κ1) is 17.8. The number of ether oxygens (including phenoxy) is 2. The van der Waals surface area contributed by atoms with Crippen molar-refractivity contribution >= 4 is 5.91 Å². The summed E-state index contributed by atoms with van der Waals surface area (Å²) in [7, 11) is 1.64. The van der Waals surface area contributed by atoms with Gasteiger partial charge in [-0.25, -0.2) is 9.97 Å². The smallest absolute Gasteiger partial charge is 0.227 e. The number of nitrogens with one attached hydrogen (secondary N) is 1. The van der Waals surface area contributed by atoms with Crippen LogP contribution in [0.25, 0.3) is 0 Å². The normalized spacial score (nSPS) is 18.1. The van der Waals surface area contributed by atoms with Gasteiger partial charge in [-0.15, -0.1) is 0 Å². The van der Waals surface area contributed by atoms with E-state index in [4.69, 9.17) is 9.47 Å². The molecule has 1 aliphatic heterocycles. The van der Waals surface area contributed by atoms with Gasteiger partial charge in [0.05, 0.1) is 19.6 Å². The Morgan fingerprint density at radius 1 is 1.30 bits per heavy atom. The second kappa shape index (κ2) is 7.55. The van der Waals surface area contributed by atoms with Gasteiger partial charge in [-0.3, -0.25) is 4.79 Å². The molecule has 6 heteroatoms. The van der Waals surface area contributed by atoms with Gasteiger partial charge in [-0.05, 0) is 68.4 Å². The van der Waals surface area contributed by atoms with E-state index in [-0.39, 0.29) is 11.8 Å². The highest BCUT2D eigenvalue weighted by atomic mass is 16.5. The molecule has 1 N–H and O–H groups in total. The average molecular weight is 367 g/mol. The number of rotatable bonds is 4. The Bertz CT molecular complexity index is 866. The summed E-state index contributed by atoms with van der Waals surface area (Å²) in [6.45, 7) is 2.78. The van der Waals surface area contributed by atoms with Crippen LogP contribution in [0.3, 0.4) is 0 Å². The molecular formula is C21H25N3O3. The van der Waals surface area contributed by atoms with Gasteiger partial charge in [-0.1, -0.05) is 0 Å². The lowest BCUT2D eigenvalue weighted by Crippen LogP contribution is -2.37. The lowest BCUT2D eigenvalue weighted by Gasteiger charge is -2.25. The first-order valence-electron chi connectivity index (χ1n) is 9.56. The first-order chi connectivity index (χ1) is 13.1. The summed E-state index contributed by atoms with van der Waals surface area (Å²) in [5.41, 5.74) is 4.50. The van der Waals surface area contributed by atoms with Crippen molar-refractivity contribution in [3.05, 3.63) is 46.5 Å². The maximum Gasteiger partial charge on any atom is 0.227 e. The summed E-state index contributed by atoms with van der Waals surface area (Å²) in [6, 6.07) is 5.70. The zero-order chi connectivity index (χ0) is 18.8. The Hall–Kier alpha value is -2.63. The Labute approximate surface area is 159 Å². The zero-order valence-corrected chi connectivity index (χ0v) is 15.9. The monoisotopic (exact) mass is 367 g/mol. The van der Waals surface area contributed by atoms with Gasteiger partial charge in [0.1, 0.15) is 23.9 Å². The third-order valence-corrected chi connectivity index (χ3v) is 5.40. The van der Waals surface area contributed by atoms with Crippen molar-refractivity contribution in [2.75, 3.05) is 13.7 Å². The van der Waals surface area contributed by atoms with Crippen molar-refractivity contribution in [1.29, 1.82) is 0 Å². The summed E-state index contributed by atoms with van der Waals surface area (Å²) in [5.74, 6) is 2.05. The minimum atomic E-state index is -0.219. The first-order valence-corrected chi connectivity index (χ1v) is 9.56. The fourth-order valence-electron chi connectivity index (χ4n) is 3.90. The summed E-state index contributed by atoms with van der Waals surface area (Å²) in [4.78, 5) is 21.9. The number of aromatic nitrogens is 2. The lowest BCUT2D eigenvalue weighted by atomic mass is 9.95. The molecule has 1 aliphatic carbocycles. The third-order valence-electron chi connectivity index (χ3n) is 5.40. The number of methoxy groups -OCH3 is 1. The molecule has 6 nitrogen and oxygen atoms in total. The van der Waals surface area contributed by atoms with E-state index in [1.54, 1.807) is 7.11 Å². The maximum absolute atomic E-state index is 12.6. The molecule has 1 amide bonds. The number of amides is 1. The number of nitrogens with zero attached hydrogens (tertiary/aromatic N) is 2. The molecule has 142 valence electrons. The van der Waals surface area contributed by atoms with Gasteiger partial charge in [-0.2, -0.15) is 0 Å². The van der Waals surface area contributed by atoms with Crippen molar-refractivity contribution in [3.63, 3.8) is 0 Å². The van der Waals surface area contributed by atoms with Crippen molar-refractivity contribution in [2.45, 2.75) is 45.6 Å². The molecule has 0 saturated carbocycles. The van der Waals surface area contributed by atoms with E-state index in [0.29, 0.717) is 25.4 Å². The molecule has 2 heterocycles. The fourth-order valence-corrected chi connectivity index (χ4v) is 3.90. The molecule has 1 aromatic heterocycles. The highest BCUT2D eigenvalue weighted by Gasteiger charge is 2.26. The standard InChI is InChI=1S/C21H25N3O3/c1-13-17-5-3-4-6-18(17)24-20(23-13)11-22-21(25)15-9-14-10-16(26-2)7-8-19(14)27-12-15/h7-8,10,15H,3-6,9,11-12H2,1-2H3,(H,22,25). The summed E-state index contributed by atoms with van der Waals surface area (Å²) >= 11 is 0. The van der Waals surface area contributed by atoms with Crippen LogP contribution in [0.15, 0.2) is 18.2 Å². The van der Waals surface area contributed by atoms with Gasteiger partial charge in [0.25, 0.3) is 0 Å². The molecule has 0 spiro atoms. The van der Waals surface area contributed by atoms with Crippen molar-refractivity contribution < 1.29 is 14.3 Å².